The molecule has 0 radical (unpaired) electrons. The van der Waals surface area contributed by atoms with E-state index in [1.54, 1.807) is 0 Å². The molecular formula is C2H4Br2Mg. The minimum absolute atomic E-state index is 0.0417. The zero-order valence-electron chi connectivity index (χ0n) is 5.54. The molecule has 0 aromatic heterocycles. The summed E-state index contributed by atoms with van der Waals surface area (Å²) in [6.45, 7) is 0.213. The Labute approximate surface area is 58.7 Å². The molecule has 0 N–H and O–H groups in total. The fourth-order valence-electron chi connectivity index (χ4n) is 0. The quantitative estimate of drug-likeness (QED) is 0.429. The molecule has 0 unspecified atom stereocenters. The van der Waals surface area contributed by atoms with Gasteiger partial charge in [-0.2, -0.15) is 0 Å². The molecule has 0 spiro atoms. The van der Waals surface area contributed by atoms with Crippen molar-refractivity contribution >= 4 is 41.8 Å². The first-order valence-electron chi connectivity index (χ1n) is 2.40. The predicted octanol–water partition coefficient (Wildman–Crippen LogP) is 2.11. The molecule has 28 valence electrons. The van der Waals surface area contributed by atoms with Gasteiger partial charge in [0.25, 0.3) is 0 Å². The van der Waals surface area contributed by atoms with E-state index >= 15 is 0 Å². The van der Waals surface area contributed by atoms with Gasteiger partial charge in [0.1, 0.15) is 0 Å². The molecule has 5 heavy (non-hydrogen) atoms. The van der Waals surface area contributed by atoms with Gasteiger partial charge in [0.2, 0.25) is 0 Å². The minimum Gasteiger partial charge on any atom is -0.280 e. The average Bonchev–Trinajstić information content (AvgIpc) is 1.69. The summed E-state index contributed by atoms with van der Waals surface area (Å²) in [4.78, 5) is 0. The lowest BCUT2D eigenvalue weighted by atomic mass is 11.3. The number of halogens is 2. The molecule has 0 rings (SSSR count). The van der Waals surface area contributed by atoms with Gasteiger partial charge in [-0.3, -0.25) is 25.8 Å². The van der Waals surface area contributed by atoms with Crippen molar-refractivity contribution in [3.05, 3.63) is 13.1 Å². The molecule has 0 saturated carbocycles. The van der Waals surface area contributed by atoms with E-state index in [1.165, 1.54) is 0 Å². The van der Waals surface area contributed by atoms with Gasteiger partial charge in [0.05, 0.1) is 4.11 Å². The third-order valence-corrected chi connectivity index (χ3v) is 0. The van der Waals surface area contributed by atoms with Crippen LogP contribution in [0.15, 0.2) is 13.1 Å². The summed E-state index contributed by atoms with van der Waals surface area (Å²) in [6, 6.07) is 0. The number of rotatable bonds is 0. The van der Waals surface area contributed by atoms with Gasteiger partial charge in [-0.25, -0.2) is 0 Å². The van der Waals surface area contributed by atoms with Crippen molar-refractivity contribution in [1.29, 1.82) is 0 Å². The molecule has 0 nitrogen and oxygen atoms in total. The molecule has 0 aliphatic carbocycles. The summed E-state index contributed by atoms with van der Waals surface area (Å²) in [5, 5.41) is 0. The van der Waals surface area contributed by atoms with E-state index in [4.69, 9.17) is 4.11 Å². The van der Waals surface area contributed by atoms with Crippen LogP contribution in [0, 0.1) is 0 Å². The number of hydrogen-bond donors (Lipinski definition) is 0. The Hall–Kier alpha value is 1.47. The third kappa shape index (κ3) is 30.5. The summed E-state index contributed by atoms with van der Waals surface area (Å²) < 4.78 is 18.5. The summed E-state index contributed by atoms with van der Waals surface area (Å²) in [7, 11) is 0. The lowest BCUT2D eigenvalue weighted by Crippen LogP contribution is -1.31. The Morgan fingerprint density at radius 1 is 1.80 bits per heavy atom. The van der Waals surface area contributed by atoms with Crippen molar-refractivity contribution in [3.8, 4) is 0 Å². The highest BCUT2D eigenvalue weighted by Crippen LogP contribution is 1.77. The molecular weight excluding hydrogens is 208 g/mol. The molecule has 0 aliphatic rings. The van der Waals surface area contributed by atoms with Crippen LogP contribution in [-0.4, -0.2) is 16.0 Å². The lowest BCUT2D eigenvalue weighted by molar-refractivity contribution is 2.81. The summed E-state index contributed by atoms with van der Waals surface area (Å²) in [5.41, 5.74) is 0. The maximum absolute atomic E-state index is 6.17. The molecule has 3 heteroatoms. The fraction of sp³-hybridized carbons (Fsp3) is 0. The molecule has 0 heterocycles. The minimum atomic E-state index is -0.454. The van der Waals surface area contributed by atoms with Gasteiger partial charge in [-0.15, -0.1) is 13.1 Å². The van der Waals surface area contributed by atoms with Crippen molar-refractivity contribution in [2.24, 2.45) is 0 Å². The molecule has 0 saturated heterocycles. The van der Waals surface area contributed by atoms with E-state index in [9.17, 15) is 0 Å². The lowest BCUT2D eigenvalue weighted by Gasteiger charge is -1.33. The molecule has 0 atom stereocenters. The van der Waals surface area contributed by atoms with Crippen LogP contribution in [0.4, 0.5) is 0 Å². The Morgan fingerprint density at radius 2 is 2.00 bits per heavy atom. The largest absolute Gasteiger partial charge is 0.560 e. The standard InChI is InChI=1S/C2H4.2BrH.Mg/c1-2;;;/h1-2H2;2*1H;/q;;;+2/p-2/i1D,2D2;;;. The van der Waals surface area contributed by atoms with Crippen LogP contribution >= 0.6 is 25.8 Å². The summed E-state index contributed by atoms with van der Waals surface area (Å²) in [5.74, 6) is 0. The van der Waals surface area contributed by atoms with Crippen LogP contribution in [-0.2, 0) is 0 Å². The maximum Gasteiger partial charge on any atom is 0.560 e. The predicted molar refractivity (Wildman–Crippen MR) is 34.9 cm³/mol. The van der Waals surface area contributed by atoms with E-state index in [2.05, 4.69) is 25.8 Å². The number of hydrogen-bond acceptors (Lipinski definition) is 0. The van der Waals surface area contributed by atoms with Crippen molar-refractivity contribution in [3.63, 3.8) is 0 Å². The van der Waals surface area contributed by atoms with Crippen molar-refractivity contribution in [2.45, 2.75) is 0 Å². The van der Waals surface area contributed by atoms with Gasteiger partial charge in [-0.1, -0.05) is 0 Å². The van der Waals surface area contributed by atoms with E-state index in [1.807, 2.05) is 0 Å². The highest BCUT2D eigenvalue weighted by molar-refractivity contribution is 9.47. The second-order valence-electron chi connectivity index (χ2n) is 0.101. The molecule has 0 aliphatic heterocycles. The summed E-state index contributed by atoms with van der Waals surface area (Å²) >= 11 is 6.44. The van der Waals surface area contributed by atoms with E-state index in [0.717, 1.165) is 0 Å². The topological polar surface area (TPSA) is 0 Å². The highest BCUT2D eigenvalue weighted by Gasteiger charge is 1.62. The van der Waals surface area contributed by atoms with Crippen LogP contribution in [0.1, 0.15) is 4.11 Å². The molecule has 0 fully saturated rings. The Balaban J connectivity index is 0. The van der Waals surface area contributed by atoms with Crippen LogP contribution in [0.3, 0.4) is 0 Å². The van der Waals surface area contributed by atoms with Crippen LogP contribution in [0.5, 0.6) is 0 Å². The molecule has 0 amide bonds. The first kappa shape index (κ1) is 3.47. The zero-order valence-corrected chi connectivity index (χ0v) is 7.13. The first-order valence-corrected chi connectivity index (χ1v) is 8.62. The highest BCUT2D eigenvalue weighted by atomic mass is 79.9. The second kappa shape index (κ2) is 17.9. The zero-order chi connectivity index (χ0) is 6.99. The first-order chi connectivity index (χ1) is 3.68. The second-order valence-corrected chi connectivity index (χ2v) is 8.18. The maximum atomic E-state index is 6.17. The van der Waals surface area contributed by atoms with Crippen LogP contribution in [0.25, 0.3) is 0 Å². The Bertz CT molecular complexity index is 62.3. The molecule has 0 bridgehead atoms. The average molecular weight is 215 g/mol. The molecule has 0 aromatic rings. The van der Waals surface area contributed by atoms with Crippen LogP contribution < -0.4 is 0 Å². The van der Waals surface area contributed by atoms with Gasteiger partial charge < -0.3 is 0 Å². The van der Waals surface area contributed by atoms with Gasteiger partial charge >= 0.3 is 16.0 Å². The van der Waals surface area contributed by atoms with E-state index in [0.29, 0.717) is 6.55 Å². The molecule has 0 aromatic carbocycles. The smallest absolute Gasteiger partial charge is 0.280 e. The van der Waals surface area contributed by atoms with Crippen LogP contribution in [0.2, 0.25) is 0 Å². The normalized spacial score (nSPS) is 9.60. The monoisotopic (exact) mass is 213 g/mol. The van der Waals surface area contributed by atoms with Crippen molar-refractivity contribution in [2.75, 3.05) is 0 Å². The van der Waals surface area contributed by atoms with Gasteiger partial charge in [-0.05, 0) is 0 Å². The Kier molecular flexibility index (Phi) is 12.4. The fourth-order valence-corrected chi connectivity index (χ4v) is 0. The Morgan fingerprint density at radius 3 is 2.00 bits per heavy atom. The third-order valence-electron chi connectivity index (χ3n) is 0. The SMILES string of the molecule is [2H]C=C([2H])[2H].[Br][Mg][Br]. The van der Waals surface area contributed by atoms with E-state index in [-0.39, 0.29) is 16.0 Å². The summed E-state index contributed by atoms with van der Waals surface area (Å²) in [6.07, 6.45) is 0. The van der Waals surface area contributed by atoms with Crippen molar-refractivity contribution in [1.82, 2.24) is 0 Å². The van der Waals surface area contributed by atoms with Gasteiger partial charge in [0.15, 0.2) is 0 Å². The van der Waals surface area contributed by atoms with Gasteiger partial charge in [0, 0.05) is 0 Å². The van der Waals surface area contributed by atoms with Crippen molar-refractivity contribution < 1.29 is 4.11 Å². The van der Waals surface area contributed by atoms with E-state index < -0.39 is 6.53 Å².